The van der Waals surface area contributed by atoms with Crippen molar-refractivity contribution in [3.8, 4) is 0 Å². The van der Waals surface area contributed by atoms with E-state index in [0.717, 1.165) is 21.8 Å². The molecule has 3 aromatic rings. The topological polar surface area (TPSA) is 59.9 Å². The zero-order valence-corrected chi connectivity index (χ0v) is 11.6. The molecule has 0 aliphatic heterocycles. The van der Waals surface area contributed by atoms with Crippen LogP contribution in [-0.2, 0) is 9.59 Å². The van der Waals surface area contributed by atoms with E-state index in [1.54, 1.807) is 6.20 Å². The van der Waals surface area contributed by atoms with Crippen molar-refractivity contribution in [2.75, 3.05) is 0 Å². The highest BCUT2D eigenvalue weighted by atomic mass is 16.1. The van der Waals surface area contributed by atoms with E-state index in [0.29, 0.717) is 0 Å². The summed E-state index contributed by atoms with van der Waals surface area (Å²) in [5.74, 6) is -0.241. The second-order valence-corrected chi connectivity index (χ2v) is 4.68. The summed E-state index contributed by atoms with van der Waals surface area (Å²) in [6.45, 7) is 0. The molecule has 1 aromatic carbocycles. The van der Waals surface area contributed by atoms with E-state index in [1.807, 2.05) is 24.4 Å². The Morgan fingerprint density at radius 1 is 0.682 bits per heavy atom. The molecule has 22 heavy (non-hydrogen) atoms. The summed E-state index contributed by atoms with van der Waals surface area (Å²) in [4.78, 5) is 29.2. The molecule has 0 saturated carbocycles. The van der Waals surface area contributed by atoms with Gasteiger partial charge in [-0.3, -0.25) is 19.6 Å². The first-order valence-corrected chi connectivity index (χ1v) is 6.76. The van der Waals surface area contributed by atoms with Crippen LogP contribution in [0.3, 0.4) is 0 Å². The summed E-state index contributed by atoms with van der Waals surface area (Å²) in [7, 11) is 0. The van der Waals surface area contributed by atoms with Crippen LogP contribution >= 0.6 is 0 Å². The molecule has 2 heterocycles. The normalized spacial score (nSPS) is 13.3. The minimum absolute atomic E-state index is 0.121. The lowest BCUT2D eigenvalue weighted by Gasteiger charge is -2.00. The van der Waals surface area contributed by atoms with Crippen LogP contribution in [0.15, 0.2) is 73.1 Å². The van der Waals surface area contributed by atoms with Crippen LogP contribution in [0.4, 0.5) is 0 Å². The summed E-state index contributed by atoms with van der Waals surface area (Å²) < 4.78 is 0. The van der Waals surface area contributed by atoms with Gasteiger partial charge in [-0.25, -0.2) is 0 Å². The highest BCUT2D eigenvalue weighted by molar-refractivity contribution is 6.14. The fraction of sp³-hybridized carbons (Fsp3) is 0. The molecule has 0 unspecified atom stereocenters. The number of pyridine rings is 2. The average Bonchev–Trinajstić information content (AvgIpc) is 2.58. The Hall–Kier alpha value is -3.14. The second kappa shape index (κ2) is 6.10. The smallest absolute Gasteiger partial charge is 0.178 e. The summed E-state index contributed by atoms with van der Waals surface area (Å²) in [5.41, 5.74) is 2.02. The van der Waals surface area contributed by atoms with Gasteiger partial charge in [0.1, 0.15) is 0 Å². The Morgan fingerprint density at radius 3 is 2.05 bits per heavy atom. The number of carbonyl (C=O) groups is 2. The first kappa shape index (κ1) is 13.8. The summed E-state index contributed by atoms with van der Waals surface area (Å²) in [6, 6.07) is 12.1. The van der Waals surface area contributed by atoms with Crippen molar-refractivity contribution in [3.63, 3.8) is 0 Å². The van der Waals surface area contributed by atoms with Crippen LogP contribution in [0.25, 0.3) is 21.8 Å². The molecule has 1 aliphatic carbocycles. The third-order valence-electron chi connectivity index (χ3n) is 3.18. The van der Waals surface area contributed by atoms with Crippen molar-refractivity contribution in [2.24, 2.45) is 0 Å². The molecule has 0 radical (unpaired) electrons. The van der Waals surface area contributed by atoms with E-state index < -0.39 is 0 Å². The number of ketones is 2. The Bertz CT molecular complexity index is 834. The number of hydrogen-bond acceptors (Lipinski definition) is 4. The molecule has 0 bridgehead atoms. The van der Waals surface area contributed by atoms with E-state index in [4.69, 9.17) is 0 Å². The molecule has 0 amide bonds. The van der Waals surface area contributed by atoms with Gasteiger partial charge >= 0.3 is 0 Å². The first-order chi connectivity index (χ1) is 10.7. The third kappa shape index (κ3) is 2.96. The van der Waals surface area contributed by atoms with Gasteiger partial charge in [-0.05, 0) is 48.6 Å². The van der Waals surface area contributed by atoms with Gasteiger partial charge < -0.3 is 0 Å². The Labute approximate surface area is 126 Å². The summed E-state index contributed by atoms with van der Waals surface area (Å²) in [6.07, 6.45) is 8.63. The van der Waals surface area contributed by atoms with Crippen molar-refractivity contribution >= 4 is 33.4 Å². The average molecular weight is 288 g/mol. The molecule has 4 heteroatoms. The number of rotatable bonds is 0. The number of hydrogen-bond donors (Lipinski definition) is 0. The van der Waals surface area contributed by atoms with Gasteiger partial charge in [-0.1, -0.05) is 12.1 Å². The lowest BCUT2D eigenvalue weighted by molar-refractivity contribution is -0.113. The van der Waals surface area contributed by atoms with Gasteiger partial charge in [-0.15, -0.1) is 0 Å². The standard InChI is InChI=1S/C12H8N2.C6H4O2/c1-3-9-5-6-11-10(4-2-7-13-11)12(9)14-8-1;7-5-1-2-6(8)4-3-5/h1-8H;1-4H. The minimum atomic E-state index is -0.121. The maximum Gasteiger partial charge on any atom is 0.178 e. The molecule has 4 rings (SSSR count). The fourth-order valence-corrected chi connectivity index (χ4v) is 2.14. The first-order valence-electron chi connectivity index (χ1n) is 6.76. The van der Waals surface area contributed by atoms with E-state index in [9.17, 15) is 9.59 Å². The van der Waals surface area contributed by atoms with Crippen molar-refractivity contribution in [2.45, 2.75) is 0 Å². The highest BCUT2D eigenvalue weighted by Crippen LogP contribution is 2.20. The van der Waals surface area contributed by atoms with E-state index >= 15 is 0 Å². The Morgan fingerprint density at radius 2 is 1.32 bits per heavy atom. The van der Waals surface area contributed by atoms with Crippen molar-refractivity contribution in [3.05, 3.63) is 73.1 Å². The zero-order valence-electron chi connectivity index (χ0n) is 11.6. The quantitative estimate of drug-likeness (QED) is 0.471. The molecule has 1 aliphatic rings. The van der Waals surface area contributed by atoms with Gasteiger partial charge in [0.15, 0.2) is 11.6 Å². The molecule has 0 spiro atoms. The number of carbonyl (C=O) groups excluding carboxylic acids is 2. The molecule has 0 N–H and O–H groups in total. The molecule has 4 nitrogen and oxygen atoms in total. The Balaban J connectivity index is 0.000000154. The monoisotopic (exact) mass is 288 g/mol. The molecule has 0 atom stereocenters. The van der Waals surface area contributed by atoms with E-state index in [1.165, 1.54) is 24.3 Å². The lowest BCUT2D eigenvalue weighted by Crippen LogP contribution is -1.97. The van der Waals surface area contributed by atoms with Crippen LogP contribution < -0.4 is 0 Å². The van der Waals surface area contributed by atoms with Crippen molar-refractivity contribution in [1.82, 2.24) is 9.97 Å². The van der Waals surface area contributed by atoms with Crippen LogP contribution in [0, 0.1) is 0 Å². The van der Waals surface area contributed by atoms with Gasteiger partial charge in [0.2, 0.25) is 0 Å². The molecular formula is C18H12N2O2. The maximum atomic E-state index is 10.3. The molecule has 106 valence electrons. The second-order valence-electron chi connectivity index (χ2n) is 4.68. The molecule has 0 saturated heterocycles. The SMILES string of the molecule is O=C1C=CC(=O)C=C1.c1cnc2c(c1)ccc1ncccc12. The van der Waals surface area contributed by atoms with Crippen molar-refractivity contribution < 1.29 is 9.59 Å². The van der Waals surface area contributed by atoms with Crippen LogP contribution in [0.5, 0.6) is 0 Å². The minimum Gasteiger partial charge on any atom is -0.290 e. The van der Waals surface area contributed by atoms with Gasteiger partial charge in [0.05, 0.1) is 11.0 Å². The van der Waals surface area contributed by atoms with Crippen molar-refractivity contribution in [1.29, 1.82) is 0 Å². The number of benzene rings is 1. The number of fused-ring (bicyclic) bond motifs is 3. The highest BCUT2D eigenvalue weighted by Gasteiger charge is 2.00. The number of aromatic nitrogens is 2. The molecule has 2 aromatic heterocycles. The van der Waals surface area contributed by atoms with Gasteiger partial charge in [-0.2, -0.15) is 0 Å². The maximum absolute atomic E-state index is 10.3. The summed E-state index contributed by atoms with van der Waals surface area (Å²) in [5, 5.41) is 2.28. The van der Waals surface area contributed by atoms with E-state index in [-0.39, 0.29) is 11.6 Å². The summed E-state index contributed by atoms with van der Waals surface area (Å²) >= 11 is 0. The van der Waals surface area contributed by atoms with Crippen LogP contribution in [0.2, 0.25) is 0 Å². The van der Waals surface area contributed by atoms with E-state index in [2.05, 4.69) is 28.2 Å². The van der Waals surface area contributed by atoms with Crippen LogP contribution in [-0.4, -0.2) is 21.5 Å². The third-order valence-corrected chi connectivity index (χ3v) is 3.18. The predicted molar refractivity (Wildman–Crippen MR) is 85.3 cm³/mol. The number of allylic oxidation sites excluding steroid dienone is 4. The fourth-order valence-electron chi connectivity index (χ4n) is 2.14. The zero-order chi connectivity index (χ0) is 15.4. The molecular weight excluding hydrogens is 276 g/mol. The largest absolute Gasteiger partial charge is 0.290 e. The van der Waals surface area contributed by atoms with Crippen LogP contribution in [0.1, 0.15) is 0 Å². The number of nitrogens with zero attached hydrogens (tertiary/aromatic N) is 2. The lowest BCUT2D eigenvalue weighted by atomic mass is 10.1. The Kier molecular flexibility index (Phi) is 3.83. The van der Waals surface area contributed by atoms with Gasteiger partial charge in [0.25, 0.3) is 0 Å². The van der Waals surface area contributed by atoms with Gasteiger partial charge in [0, 0.05) is 23.2 Å². The molecule has 0 fully saturated rings. The predicted octanol–water partition coefficient (Wildman–Crippen LogP) is 3.03.